The fraction of sp³-hybridized carbons (Fsp3) is 0.143. The first-order valence-electron chi connectivity index (χ1n) is 5.99. The molecule has 5 N–H and O–H groups in total. The maximum absolute atomic E-state index is 11.3. The molecule has 0 aliphatic rings. The Kier molecular flexibility index (Phi) is 4.05. The van der Waals surface area contributed by atoms with Crippen molar-refractivity contribution < 1.29 is 9.59 Å². The third-order valence-corrected chi connectivity index (χ3v) is 3.95. The highest BCUT2D eigenvalue weighted by Crippen LogP contribution is 2.19. The first-order chi connectivity index (χ1) is 9.47. The maximum atomic E-state index is 11.3. The summed E-state index contributed by atoms with van der Waals surface area (Å²) in [6.07, 6.45) is 0. The molecule has 0 atom stereocenters. The van der Waals surface area contributed by atoms with Crippen LogP contribution in [0.25, 0.3) is 0 Å². The highest BCUT2D eigenvalue weighted by Gasteiger charge is 2.09. The van der Waals surface area contributed by atoms with Crippen molar-refractivity contribution in [2.75, 3.05) is 5.32 Å². The largest absolute Gasteiger partial charge is 0.380 e. The van der Waals surface area contributed by atoms with Crippen LogP contribution in [0.4, 0.5) is 5.69 Å². The van der Waals surface area contributed by atoms with Gasteiger partial charge in [0.05, 0.1) is 0 Å². The van der Waals surface area contributed by atoms with E-state index in [9.17, 15) is 9.59 Å². The average Bonchev–Trinajstić information content (AvgIpc) is 2.81. The predicted molar refractivity (Wildman–Crippen MR) is 79.9 cm³/mol. The van der Waals surface area contributed by atoms with Crippen LogP contribution in [0.2, 0.25) is 0 Å². The minimum atomic E-state index is -0.594. The number of thiophene rings is 1. The van der Waals surface area contributed by atoms with E-state index < -0.39 is 11.8 Å². The number of rotatable bonds is 5. The Labute approximate surface area is 120 Å². The maximum Gasteiger partial charge on any atom is 0.248 e. The van der Waals surface area contributed by atoms with Crippen LogP contribution in [0.15, 0.2) is 29.6 Å². The summed E-state index contributed by atoms with van der Waals surface area (Å²) in [6.45, 7) is 2.64. The second kappa shape index (κ2) is 5.75. The van der Waals surface area contributed by atoms with Crippen LogP contribution in [-0.4, -0.2) is 11.8 Å². The second-order valence-electron chi connectivity index (χ2n) is 4.41. The number of benzene rings is 1. The molecule has 0 unspecified atom stereocenters. The molecule has 2 rings (SSSR count). The Morgan fingerprint density at radius 1 is 1.15 bits per heavy atom. The molecule has 0 aliphatic carbocycles. The fourth-order valence-corrected chi connectivity index (χ4v) is 2.63. The number of nitrogens with one attached hydrogen (secondary N) is 1. The van der Waals surface area contributed by atoms with Crippen molar-refractivity contribution in [3.63, 3.8) is 0 Å². The summed E-state index contributed by atoms with van der Waals surface area (Å²) in [5.74, 6) is -1.19. The molecule has 0 fully saturated rings. The van der Waals surface area contributed by atoms with Crippen LogP contribution >= 0.6 is 11.3 Å². The molecule has 0 aliphatic heterocycles. The van der Waals surface area contributed by atoms with Gasteiger partial charge in [-0.1, -0.05) is 0 Å². The molecule has 1 aromatic heterocycles. The Bertz CT molecular complexity index is 632. The van der Waals surface area contributed by atoms with Crippen LogP contribution in [0.5, 0.6) is 0 Å². The van der Waals surface area contributed by atoms with E-state index in [1.54, 1.807) is 23.5 Å². The lowest BCUT2D eigenvalue weighted by Gasteiger charge is -2.09. The molecule has 1 heterocycles. The van der Waals surface area contributed by atoms with Crippen LogP contribution in [-0.2, 0) is 6.54 Å². The van der Waals surface area contributed by atoms with Gasteiger partial charge in [-0.15, -0.1) is 11.3 Å². The van der Waals surface area contributed by atoms with Gasteiger partial charge in [0.25, 0.3) is 0 Å². The Balaban J connectivity index is 2.24. The minimum absolute atomic E-state index is 0.256. The molecule has 20 heavy (non-hydrogen) atoms. The van der Waals surface area contributed by atoms with Crippen molar-refractivity contribution in [1.82, 2.24) is 0 Å². The van der Waals surface area contributed by atoms with Crippen molar-refractivity contribution >= 4 is 28.8 Å². The van der Waals surface area contributed by atoms with E-state index in [2.05, 4.69) is 5.32 Å². The number of aryl methyl sites for hydroxylation is 1. The summed E-state index contributed by atoms with van der Waals surface area (Å²) < 4.78 is 0. The van der Waals surface area contributed by atoms with Gasteiger partial charge in [-0.05, 0) is 42.1 Å². The predicted octanol–water partition coefficient (Wildman–Crippen LogP) is 1.87. The SMILES string of the molecule is Cc1ccsc1CNc1cc(C(N)=O)cc(C(N)=O)c1. The van der Waals surface area contributed by atoms with E-state index in [-0.39, 0.29) is 11.1 Å². The molecule has 5 nitrogen and oxygen atoms in total. The molecule has 0 saturated carbocycles. The number of carbonyl (C=O) groups is 2. The summed E-state index contributed by atoms with van der Waals surface area (Å²) in [6, 6.07) is 6.65. The van der Waals surface area contributed by atoms with E-state index in [0.29, 0.717) is 12.2 Å². The lowest BCUT2D eigenvalue weighted by atomic mass is 10.1. The number of anilines is 1. The second-order valence-corrected chi connectivity index (χ2v) is 5.41. The number of amides is 2. The van der Waals surface area contributed by atoms with Gasteiger partial charge in [-0.3, -0.25) is 9.59 Å². The van der Waals surface area contributed by atoms with Gasteiger partial charge in [0.2, 0.25) is 11.8 Å². The molecule has 0 spiro atoms. The number of carbonyl (C=O) groups excluding carboxylic acids is 2. The highest BCUT2D eigenvalue weighted by molar-refractivity contribution is 7.10. The topological polar surface area (TPSA) is 98.2 Å². The summed E-state index contributed by atoms with van der Waals surface area (Å²) in [4.78, 5) is 23.7. The molecule has 2 aromatic rings. The third-order valence-electron chi connectivity index (χ3n) is 2.92. The molecule has 1 aromatic carbocycles. The Hall–Kier alpha value is -2.34. The van der Waals surface area contributed by atoms with Gasteiger partial charge in [0, 0.05) is 28.2 Å². The number of hydrogen-bond donors (Lipinski definition) is 3. The smallest absolute Gasteiger partial charge is 0.248 e. The van der Waals surface area contributed by atoms with Crippen molar-refractivity contribution in [2.24, 2.45) is 11.5 Å². The molecular formula is C14H15N3O2S. The van der Waals surface area contributed by atoms with E-state index in [1.165, 1.54) is 16.5 Å². The van der Waals surface area contributed by atoms with Crippen molar-refractivity contribution in [3.05, 3.63) is 51.2 Å². The summed E-state index contributed by atoms with van der Waals surface area (Å²) in [5, 5.41) is 5.19. The van der Waals surface area contributed by atoms with Gasteiger partial charge < -0.3 is 16.8 Å². The van der Waals surface area contributed by atoms with Crippen molar-refractivity contribution in [2.45, 2.75) is 13.5 Å². The van der Waals surface area contributed by atoms with Crippen molar-refractivity contribution in [1.29, 1.82) is 0 Å². The third kappa shape index (κ3) is 3.16. The summed E-state index contributed by atoms with van der Waals surface area (Å²) in [5.41, 5.74) is 12.9. The van der Waals surface area contributed by atoms with Crippen LogP contribution in [0.1, 0.15) is 31.2 Å². The van der Waals surface area contributed by atoms with E-state index >= 15 is 0 Å². The van der Waals surface area contributed by atoms with Crippen LogP contribution in [0.3, 0.4) is 0 Å². The molecule has 104 valence electrons. The minimum Gasteiger partial charge on any atom is -0.380 e. The Morgan fingerprint density at radius 2 is 1.75 bits per heavy atom. The van der Waals surface area contributed by atoms with Crippen LogP contribution in [0, 0.1) is 6.92 Å². The average molecular weight is 289 g/mol. The standard InChI is InChI=1S/C14H15N3O2S/c1-8-2-3-20-12(8)7-17-11-5-9(13(15)18)4-10(6-11)14(16)19/h2-6,17H,7H2,1H3,(H2,15,18)(H2,16,19). The first-order valence-corrected chi connectivity index (χ1v) is 6.87. The quantitative estimate of drug-likeness (QED) is 0.783. The summed E-state index contributed by atoms with van der Waals surface area (Å²) >= 11 is 1.64. The molecule has 0 radical (unpaired) electrons. The van der Waals surface area contributed by atoms with Gasteiger partial charge >= 0.3 is 0 Å². The molecule has 0 bridgehead atoms. The van der Waals surface area contributed by atoms with Gasteiger partial charge in [0.15, 0.2) is 0 Å². The molecular weight excluding hydrogens is 274 g/mol. The Morgan fingerprint density at radius 3 is 2.20 bits per heavy atom. The molecule has 0 saturated heterocycles. The van der Waals surface area contributed by atoms with Crippen LogP contribution < -0.4 is 16.8 Å². The summed E-state index contributed by atoms with van der Waals surface area (Å²) in [7, 11) is 0. The first kappa shape index (κ1) is 14.1. The zero-order valence-corrected chi connectivity index (χ0v) is 11.8. The number of nitrogens with two attached hydrogens (primary N) is 2. The van der Waals surface area contributed by atoms with E-state index in [4.69, 9.17) is 11.5 Å². The van der Waals surface area contributed by atoms with E-state index in [1.807, 2.05) is 18.4 Å². The monoisotopic (exact) mass is 289 g/mol. The normalized spacial score (nSPS) is 10.2. The molecule has 2 amide bonds. The zero-order valence-electron chi connectivity index (χ0n) is 11.0. The number of hydrogen-bond acceptors (Lipinski definition) is 4. The highest BCUT2D eigenvalue weighted by atomic mass is 32.1. The lowest BCUT2D eigenvalue weighted by Crippen LogP contribution is -2.16. The number of primary amides is 2. The van der Waals surface area contributed by atoms with Gasteiger partial charge in [-0.2, -0.15) is 0 Å². The zero-order chi connectivity index (χ0) is 14.7. The van der Waals surface area contributed by atoms with Crippen molar-refractivity contribution in [3.8, 4) is 0 Å². The van der Waals surface area contributed by atoms with Gasteiger partial charge in [-0.25, -0.2) is 0 Å². The molecule has 6 heteroatoms. The van der Waals surface area contributed by atoms with E-state index in [0.717, 1.165) is 0 Å². The fourth-order valence-electron chi connectivity index (χ4n) is 1.78. The lowest BCUT2D eigenvalue weighted by molar-refractivity contribution is 0.0999. The van der Waals surface area contributed by atoms with Gasteiger partial charge in [0.1, 0.15) is 0 Å².